The molecule has 1 atom stereocenters. The minimum atomic E-state index is -3.50. The number of fused-ring (bicyclic) bond motifs is 1. The number of benzene rings is 1. The summed E-state index contributed by atoms with van der Waals surface area (Å²) in [5.74, 6) is 0.366. The molecule has 32 heavy (non-hydrogen) atoms. The molecule has 3 heterocycles. The van der Waals surface area contributed by atoms with Crippen LogP contribution in [0.15, 0.2) is 36.4 Å². The summed E-state index contributed by atoms with van der Waals surface area (Å²) in [6.07, 6.45) is 6.18. The summed E-state index contributed by atoms with van der Waals surface area (Å²) in [4.78, 5) is 20.2. The molecular weight excluding hydrogens is 426 g/mol. The smallest absolute Gasteiger partial charge is 0.256 e. The highest BCUT2D eigenvalue weighted by Crippen LogP contribution is 2.40. The second-order valence-electron chi connectivity index (χ2n) is 8.87. The van der Waals surface area contributed by atoms with Crippen molar-refractivity contribution in [2.45, 2.75) is 51.0 Å². The molecule has 1 saturated carbocycles. The van der Waals surface area contributed by atoms with Gasteiger partial charge in [0.15, 0.2) is 5.65 Å². The molecule has 1 N–H and O–H groups in total. The largest absolute Gasteiger partial charge is 0.330 e. The SMILES string of the molecule is Cc1cc(C2CC2)nc2cc([C@@H]3CCCCN3C(=O)c3ccccc3NS(C)(=O)=O)nn12. The lowest BCUT2D eigenvalue weighted by molar-refractivity contribution is 0.0607. The fourth-order valence-electron chi connectivity index (χ4n) is 4.51. The van der Waals surface area contributed by atoms with Crippen molar-refractivity contribution in [2.24, 2.45) is 0 Å². The van der Waals surface area contributed by atoms with E-state index in [4.69, 9.17) is 10.1 Å². The van der Waals surface area contributed by atoms with Crippen LogP contribution in [0.4, 0.5) is 5.69 Å². The van der Waals surface area contributed by atoms with E-state index in [9.17, 15) is 13.2 Å². The molecule has 1 aliphatic heterocycles. The van der Waals surface area contributed by atoms with Gasteiger partial charge in [-0.25, -0.2) is 17.9 Å². The van der Waals surface area contributed by atoms with Crippen molar-refractivity contribution in [3.05, 3.63) is 59.0 Å². The van der Waals surface area contributed by atoms with E-state index in [1.807, 2.05) is 22.4 Å². The Morgan fingerprint density at radius 3 is 2.62 bits per heavy atom. The number of sulfonamides is 1. The number of likely N-dealkylation sites (tertiary alicyclic amines) is 1. The molecule has 1 amide bonds. The third-order valence-electron chi connectivity index (χ3n) is 6.20. The summed E-state index contributed by atoms with van der Waals surface area (Å²) in [6, 6.07) is 10.7. The van der Waals surface area contributed by atoms with Crippen LogP contribution in [0, 0.1) is 6.92 Å². The van der Waals surface area contributed by atoms with E-state index in [1.165, 1.54) is 12.8 Å². The summed E-state index contributed by atoms with van der Waals surface area (Å²) in [5, 5.41) is 4.81. The maximum Gasteiger partial charge on any atom is 0.256 e. The van der Waals surface area contributed by atoms with Crippen molar-refractivity contribution in [2.75, 3.05) is 17.5 Å². The maximum absolute atomic E-state index is 13.6. The van der Waals surface area contributed by atoms with Crippen molar-refractivity contribution < 1.29 is 13.2 Å². The summed E-state index contributed by atoms with van der Waals surface area (Å²) >= 11 is 0. The number of hydrogen-bond acceptors (Lipinski definition) is 5. The van der Waals surface area contributed by atoms with Gasteiger partial charge in [0, 0.05) is 29.9 Å². The van der Waals surface area contributed by atoms with Gasteiger partial charge in [-0.15, -0.1) is 0 Å². The van der Waals surface area contributed by atoms with E-state index >= 15 is 0 Å². The minimum absolute atomic E-state index is 0.173. The van der Waals surface area contributed by atoms with Crippen molar-refractivity contribution in [3.63, 3.8) is 0 Å². The lowest BCUT2D eigenvalue weighted by Gasteiger charge is -2.35. The van der Waals surface area contributed by atoms with Crippen molar-refractivity contribution in [1.82, 2.24) is 19.5 Å². The number of aromatic nitrogens is 3. The molecule has 0 bridgehead atoms. The molecule has 2 aromatic heterocycles. The van der Waals surface area contributed by atoms with Crippen molar-refractivity contribution in [3.8, 4) is 0 Å². The Labute approximate surface area is 187 Å². The Bertz CT molecular complexity index is 1300. The second kappa shape index (κ2) is 7.88. The number of nitrogens with zero attached hydrogens (tertiary/aromatic N) is 4. The summed E-state index contributed by atoms with van der Waals surface area (Å²) < 4.78 is 27.9. The molecule has 1 saturated heterocycles. The van der Waals surface area contributed by atoms with Gasteiger partial charge in [-0.1, -0.05) is 12.1 Å². The molecule has 2 fully saturated rings. The lowest BCUT2D eigenvalue weighted by Crippen LogP contribution is -2.39. The average molecular weight is 454 g/mol. The Morgan fingerprint density at radius 2 is 1.88 bits per heavy atom. The molecule has 0 radical (unpaired) electrons. The monoisotopic (exact) mass is 453 g/mol. The number of nitrogens with one attached hydrogen (secondary N) is 1. The lowest BCUT2D eigenvalue weighted by atomic mass is 9.98. The van der Waals surface area contributed by atoms with Crippen molar-refractivity contribution in [1.29, 1.82) is 0 Å². The second-order valence-corrected chi connectivity index (χ2v) is 10.6. The molecular formula is C23H27N5O3S. The molecule has 0 spiro atoms. The third kappa shape index (κ3) is 4.09. The average Bonchev–Trinajstić information content (AvgIpc) is 3.51. The standard InChI is InChI=1S/C23H27N5O3S/c1-15-13-19(16-10-11-16)24-22-14-20(25-28(15)22)21-9-5-6-12-27(21)23(29)17-7-3-4-8-18(17)26-32(2,30)31/h3-4,7-8,13-14,16,21,26H,5-6,9-12H2,1-2H3/t21-/m0/s1. The number of carbonyl (C=O) groups excluding carboxylic acids is 1. The Kier molecular flexibility index (Phi) is 5.16. The highest BCUT2D eigenvalue weighted by atomic mass is 32.2. The highest BCUT2D eigenvalue weighted by molar-refractivity contribution is 7.92. The number of amides is 1. The van der Waals surface area contributed by atoms with Crippen LogP contribution < -0.4 is 4.72 Å². The summed E-state index contributed by atoms with van der Waals surface area (Å²) in [5.41, 5.74) is 4.46. The van der Waals surface area contributed by atoms with Crippen LogP contribution in [0.5, 0.6) is 0 Å². The van der Waals surface area contributed by atoms with Crippen LogP contribution in [0.1, 0.15) is 71.5 Å². The topological polar surface area (TPSA) is 96.7 Å². The van der Waals surface area contributed by atoms with E-state index in [0.29, 0.717) is 23.7 Å². The Balaban J connectivity index is 1.50. The van der Waals surface area contributed by atoms with Gasteiger partial charge in [0.05, 0.1) is 29.2 Å². The van der Waals surface area contributed by atoms with Crippen LogP contribution in [-0.4, -0.2) is 46.6 Å². The number of carbonyl (C=O) groups is 1. The number of aryl methyl sites for hydroxylation is 1. The predicted octanol–water partition coefficient (Wildman–Crippen LogP) is 3.65. The van der Waals surface area contributed by atoms with Crippen LogP contribution in [0.2, 0.25) is 0 Å². The van der Waals surface area contributed by atoms with E-state index in [-0.39, 0.29) is 11.9 Å². The van der Waals surface area contributed by atoms with Gasteiger partial charge in [0.2, 0.25) is 10.0 Å². The fourth-order valence-corrected chi connectivity index (χ4v) is 5.09. The van der Waals surface area contributed by atoms with Gasteiger partial charge >= 0.3 is 0 Å². The zero-order valence-electron chi connectivity index (χ0n) is 18.3. The van der Waals surface area contributed by atoms with Crippen LogP contribution in [0.3, 0.4) is 0 Å². The number of piperidine rings is 1. The highest BCUT2D eigenvalue weighted by Gasteiger charge is 2.32. The van der Waals surface area contributed by atoms with Crippen LogP contribution >= 0.6 is 0 Å². The number of rotatable bonds is 5. The molecule has 1 aliphatic carbocycles. The van der Waals surface area contributed by atoms with Gasteiger partial charge in [-0.3, -0.25) is 9.52 Å². The molecule has 8 nitrogen and oxygen atoms in total. The van der Waals surface area contributed by atoms with Crippen molar-refractivity contribution >= 4 is 27.3 Å². The molecule has 5 rings (SSSR count). The summed E-state index contributed by atoms with van der Waals surface area (Å²) in [7, 11) is -3.50. The molecule has 0 unspecified atom stereocenters. The first kappa shape index (κ1) is 20.9. The zero-order chi connectivity index (χ0) is 22.5. The number of anilines is 1. The molecule has 3 aromatic rings. The molecule has 2 aliphatic rings. The first-order valence-corrected chi connectivity index (χ1v) is 12.9. The molecule has 9 heteroatoms. The minimum Gasteiger partial charge on any atom is -0.330 e. The number of hydrogen-bond donors (Lipinski definition) is 1. The Morgan fingerprint density at radius 1 is 1.09 bits per heavy atom. The van der Waals surface area contributed by atoms with Gasteiger partial charge < -0.3 is 4.90 Å². The third-order valence-corrected chi connectivity index (χ3v) is 6.79. The molecule has 1 aromatic carbocycles. The van der Waals surface area contributed by atoms with E-state index in [0.717, 1.165) is 48.2 Å². The fraction of sp³-hybridized carbons (Fsp3) is 0.435. The molecule has 168 valence electrons. The van der Waals surface area contributed by atoms with Gasteiger partial charge in [0.1, 0.15) is 0 Å². The Hall–Kier alpha value is -2.94. The quantitative estimate of drug-likeness (QED) is 0.636. The van der Waals surface area contributed by atoms with Crippen LogP contribution in [0.25, 0.3) is 5.65 Å². The van der Waals surface area contributed by atoms with E-state index < -0.39 is 10.0 Å². The maximum atomic E-state index is 13.6. The number of para-hydroxylation sites is 1. The van der Waals surface area contributed by atoms with E-state index in [1.54, 1.807) is 24.3 Å². The first-order chi connectivity index (χ1) is 15.3. The van der Waals surface area contributed by atoms with Crippen LogP contribution in [-0.2, 0) is 10.0 Å². The first-order valence-electron chi connectivity index (χ1n) is 11.1. The van der Waals surface area contributed by atoms with E-state index in [2.05, 4.69) is 10.8 Å². The van der Waals surface area contributed by atoms with Gasteiger partial charge in [0.25, 0.3) is 5.91 Å². The normalized spacial score (nSPS) is 19.3. The van der Waals surface area contributed by atoms with Gasteiger partial charge in [-0.05, 0) is 57.2 Å². The predicted molar refractivity (Wildman–Crippen MR) is 122 cm³/mol. The summed E-state index contributed by atoms with van der Waals surface area (Å²) in [6.45, 7) is 2.64. The van der Waals surface area contributed by atoms with Gasteiger partial charge in [-0.2, -0.15) is 5.10 Å². The zero-order valence-corrected chi connectivity index (χ0v) is 19.1.